The molecule has 1 amide bonds. The molecule has 0 saturated carbocycles. The number of carbonyl (C=O) groups excluding carboxylic acids is 1. The summed E-state index contributed by atoms with van der Waals surface area (Å²) in [5.41, 5.74) is -1.55. The standard InChI is InChI=1S/C15H20N2O5/c1-10(2)22-11-4-3-7-16-12(11)13(18)17-8-5-15(21,6-9-17)14(19)20/h3-4,7,10,21H,5-6,8-9H2,1-2H3,(H,19,20). The van der Waals surface area contributed by atoms with Crippen LogP contribution in [0.3, 0.4) is 0 Å². The van der Waals surface area contributed by atoms with Gasteiger partial charge in [-0.05, 0) is 26.0 Å². The summed E-state index contributed by atoms with van der Waals surface area (Å²) in [6.07, 6.45) is 1.43. The number of aliphatic carboxylic acids is 1. The van der Waals surface area contributed by atoms with Gasteiger partial charge in [-0.2, -0.15) is 0 Å². The lowest BCUT2D eigenvalue weighted by Gasteiger charge is -2.35. The minimum atomic E-state index is -1.75. The van der Waals surface area contributed by atoms with E-state index in [1.165, 1.54) is 11.1 Å². The summed E-state index contributed by atoms with van der Waals surface area (Å²) in [4.78, 5) is 29.1. The first-order valence-electron chi connectivity index (χ1n) is 7.20. The monoisotopic (exact) mass is 308 g/mol. The average Bonchev–Trinajstić information content (AvgIpc) is 2.47. The molecule has 1 aliphatic rings. The van der Waals surface area contributed by atoms with E-state index in [0.29, 0.717) is 5.75 Å². The number of carboxylic acids is 1. The first-order valence-corrected chi connectivity index (χ1v) is 7.20. The van der Waals surface area contributed by atoms with Crippen LogP contribution in [0.1, 0.15) is 37.2 Å². The molecule has 1 fully saturated rings. The summed E-state index contributed by atoms with van der Waals surface area (Å²) >= 11 is 0. The number of rotatable bonds is 4. The van der Waals surface area contributed by atoms with Crippen LogP contribution in [-0.2, 0) is 4.79 Å². The number of hydrogen-bond acceptors (Lipinski definition) is 5. The third-order valence-corrected chi connectivity index (χ3v) is 3.61. The summed E-state index contributed by atoms with van der Waals surface area (Å²) < 4.78 is 5.58. The SMILES string of the molecule is CC(C)Oc1cccnc1C(=O)N1CCC(O)(C(=O)O)CC1. The Kier molecular flexibility index (Phi) is 4.65. The lowest BCUT2D eigenvalue weighted by atomic mass is 9.91. The summed E-state index contributed by atoms with van der Waals surface area (Å²) in [6, 6.07) is 3.37. The summed E-state index contributed by atoms with van der Waals surface area (Å²) in [7, 11) is 0. The van der Waals surface area contributed by atoms with Gasteiger partial charge in [0, 0.05) is 32.1 Å². The molecule has 0 unspecified atom stereocenters. The van der Waals surface area contributed by atoms with Crippen LogP contribution >= 0.6 is 0 Å². The number of nitrogens with zero attached hydrogens (tertiary/aromatic N) is 2. The van der Waals surface area contributed by atoms with Gasteiger partial charge in [-0.1, -0.05) is 0 Å². The van der Waals surface area contributed by atoms with Crippen LogP contribution in [0.25, 0.3) is 0 Å². The second-order valence-electron chi connectivity index (χ2n) is 5.65. The van der Waals surface area contributed by atoms with Crippen molar-refractivity contribution in [3.05, 3.63) is 24.0 Å². The number of piperidine rings is 1. The smallest absolute Gasteiger partial charge is 0.335 e. The second kappa shape index (κ2) is 6.31. The lowest BCUT2D eigenvalue weighted by Crippen LogP contribution is -2.51. The topological polar surface area (TPSA) is 100.0 Å². The van der Waals surface area contributed by atoms with Crippen LogP contribution < -0.4 is 4.74 Å². The zero-order valence-corrected chi connectivity index (χ0v) is 12.7. The number of likely N-dealkylation sites (tertiary alicyclic amines) is 1. The lowest BCUT2D eigenvalue weighted by molar-refractivity contribution is -0.162. The molecule has 0 aromatic carbocycles. The van der Waals surface area contributed by atoms with Gasteiger partial charge in [-0.3, -0.25) is 4.79 Å². The number of hydrogen-bond donors (Lipinski definition) is 2. The van der Waals surface area contributed by atoms with E-state index in [1.54, 1.807) is 12.1 Å². The van der Waals surface area contributed by atoms with E-state index in [4.69, 9.17) is 9.84 Å². The summed E-state index contributed by atoms with van der Waals surface area (Å²) in [6.45, 7) is 4.04. The third kappa shape index (κ3) is 3.36. The van der Waals surface area contributed by atoms with E-state index < -0.39 is 11.6 Å². The Morgan fingerprint density at radius 1 is 1.36 bits per heavy atom. The highest BCUT2D eigenvalue weighted by molar-refractivity contribution is 5.95. The molecule has 0 aliphatic carbocycles. The fourth-order valence-corrected chi connectivity index (χ4v) is 2.34. The molecule has 2 rings (SSSR count). The number of carboxylic acid groups (broad SMARTS) is 1. The van der Waals surface area contributed by atoms with Crippen LogP contribution in [0.4, 0.5) is 0 Å². The van der Waals surface area contributed by atoms with Gasteiger partial charge in [0.15, 0.2) is 17.0 Å². The minimum absolute atomic E-state index is 0.00127. The van der Waals surface area contributed by atoms with Gasteiger partial charge in [0.25, 0.3) is 5.91 Å². The van der Waals surface area contributed by atoms with Gasteiger partial charge in [0.05, 0.1) is 6.10 Å². The van der Waals surface area contributed by atoms with Gasteiger partial charge in [-0.15, -0.1) is 0 Å². The highest BCUT2D eigenvalue weighted by Crippen LogP contribution is 2.25. The largest absolute Gasteiger partial charge is 0.489 e. The molecule has 0 bridgehead atoms. The van der Waals surface area contributed by atoms with Gasteiger partial charge in [0.1, 0.15) is 0 Å². The summed E-state index contributed by atoms with van der Waals surface area (Å²) in [5.74, 6) is -1.16. The second-order valence-corrected chi connectivity index (χ2v) is 5.65. The van der Waals surface area contributed by atoms with Crippen molar-refractivity contribution in [3.63, 3.8) is 0 Å². The van der Waals surface area contributed by atoms with Crippen molar-refractivity contribution in [2.75, 3.05) is 13.1 Å². The zero-order valence-electron chi connectivity index (χ0n) is 12.7. The fourth-order valence-electron chi connectivity index (χ4n) is 2.34. The molecule has 0 radical (unpaired) electrons. The molecule has 22 heavy (non-hydrogen) atoms. The molecule has 7 nitrogen and oxygen atoms in total. The van der Waals surface area contributed by atoms with E-state index >= 15 is 0 Å². The van der Waals surface area contributed by atoms with E-state index in [9.17, 15) is 14.7 Å². The van der Waals surface area contributed by atoms with Crippen molar-refractivity contribution in [2.45, 2.75) is 38.4 Å². The van der Waals surface area contributed by atoms with Crippen LogP contribution in [0.15, 0.2) is 18.3 Å². The van der Waals surface area contributed by atoms with Crippen LogP contribution in [0.2, 0.25) is 0 Å². The fraction of sp³-hybridized carbons (Fsp3) is 0.533. The molecule has 2 heterocycles. The number of carbonyl (C=O) groups is 2. The highest BCUT2D eigenvalue weighted by atomic mass is 16.5. The average molecular weight is 308 g/mol. The van der Waals surface area contributed by atoms with Crippen LogP contribution in [0.5, 0.6) is 5.75 Å². The predicted molar refractivity (Wildman–Crippen MR) is 77.7 cm³/mol. The molecule has 7 heteroatoms. The molecule has 0 atom stereocenters. The molecule has 1 saturated heterocycles. The molecular formula is C15H20N2O5. The molecule has 120 valence electrons. The number of ether oxygens (including phenoxy) is 1. The number of amides is 1. The molecular weight excluding hydrogens is 288 g/mol. The maximum atomic E-state index is 12.5. The highest BCUT2D eigenvalue weighted by Gasteiger charge is 2.41. The maximum absolute atomic E-state index is 12.5. The Hall–Kier alpha value is -2.15. The van der Waals surface area contributed by atoms with E-state index in [2.05, 4.69) is 4.98 Å². The number of aliphatic hydroxyl groups is 1. The maximum Gasteiger partial charge on any atom is 0.335 e. The zero-order chi connectivity index (χ0) is 16.3. The minimum Gasteiger partial charge on any atom is -0.489 e. The van der Waals surface area contributed by atoms with Crippen molar-refractivity contribution in [1.29, 1.82) is 0 Å². The molecule has 0 spiro atoms. The van der Waals surface area contributed by atoms with E-state index in [-0.39, 0.29) is 43.6 Å². The van der Waals surface area contributed by atoms with Crippen molar-refractivity contribution in [2.24, 2.45) is 0 Å². The van der Waals surface area contributed by atoms with Crippen LogP contribution in [-0.4, -0.2) is 56.8 Å². The first kappa shape index (κ1) is 16.2. The van der Waals surface area contributed by atoms with Gasteiger partial charge in [-0.25, -0.2) is 9.78 Å². The molecule has 1 aliphatic heterocycles. The summed E-state index contributed by atoms with van der Waals surface area (Å²) in [5, 5.41) is 18.9. The normalized spacial score (nSPS) is 17.4. The van der Waals surface area contributed by atoms with E-state index in [1.807, 2.05) is 13.8 Å². The Labute approximate surface area is 128 Å². The van der Waals surface area contributed by atoms with Crippen molar-refractivity contribution < 1.29 is 24.5 Å². The third-order valence-electron chi connectivity index (χ3n) is 3.61. The van der Waals surface area contributed by atoms with Crippen molar-refractivity contribution >= 4 is 11.9 Å². The predicted octanol–water partition coefficient (Wildman–Crippen LogP) is 0.920. The Morgan fingerprint density at radius 3 is 2.55 bits per heavy atom. The number of pyridine rings is 1. The molecule has 1 aromatic heterocycles. The van der Waals surface area contributed by atoms with Gasteiger partial charge >= 0.3 is 5.97 Å². The Morgan fingerprint density at radius 2 is 2.00 bits per heavy atom. The van der Waals surface area contributed by atoms with Crippen LogP contribution in [0, 0.1) is 0 Å². The quantitative estimate of drug-likeness (QED) is 0.858. The Balaban J connectivity index is 2.12. The van der Waals surface area contributed by atoms with Gasteiger partial charge in [0.2, 0.25) is 0 Å². The van der Waals surface area contributed by atoms with Crippen molar-refractivity contribution in [1.82, 2.24) is 9.88 Å². The Bertz CT molecular complexity index is 565. The van der Waals surface area contributed by atoms with E-state index in [0.717, 1.165) is 0 Å². The number of aromatic nitrogens is 1. The van der Waals surface area contributed by atoms with Crippen molar-refractivity contribution in [3.8, 4) is 5.75 Å². The first-order chi connectivity index (χ1) is 10.3. The molecule has 1 aromatic rings. The van der Waals surface area contributed by atoms with Gasteiger partial charge < -0.3 is 19.8 Å². The molecule has 2 N–H and O–H groups in total.